The molecule has 1 aromatic carbocycles. The summed E-state index contributed by atoms with van der Waals surface area (Å²) >= 11 is -2.15. The van der Waals surface area contributed by atoms with E-state index in [-0.39, 0.29) is 5.75 Å². The van der Waals surface area contributed by atoms with Crippen molar-refractivity contribution in [2.45, 2.75) is 43.8 Å². The molecule has 1 saturated carbocycles. The highest BCUT2D eigenvalue weighted by molar-refractivity contribution is 7.78. The molecule has 0 radical (unpaired) electrons. The molecule has 0 saturated heterocycles. The Morgan fingerprint density at radius 3 is 2.70 bits per heavy atom. The monoisotopic (exact) mass is 295 g/mol. The molecule has 1 fully saturated rings. The molecule has 2 atom stereocenters. The van der Waals surface area contributed by atoms with Gasteiger partial charge in [0.25, 0.3) is 0 Å². The van der Waals surface area contributed by atoms with Crippen molar-refractivity contribution in [3.05, 3.63) is 35.4 Å². The molecule has 0 aromatic heterocycles. The fourth-order valence-corrected chi connectivity index (χ4v) is 3.45. The number of carboxylic acids is 1. The summed E-state index contributed by atoms with van der Waals surface area (Å²) in [5, 5.41) is 9.44. The predicted octanol–water partition coefficient (Wildman–Crippen LogP) is 2.81. The van der Waals surface area contributed by atoms with Gasteiger partial charge in [-0.2, -0.15) is 0 Å². The number of carbonyl (C=O) groups is 1. The first kappa shape index (κ1) is 15.2. The highest BCUT2D eigenvalue weighted by atomic mass is 32.2. The van der Waals surface area contributed by atoms with Crippen molar-refractivity contribution in [2.24, 2.45) is 5.92 Å². The first-order valence-corrected chi connectivity index (χ1v) is 8.18. The molecule has 2 rings (SSSR count). The maximum Gasteiger partial charge on any atom is 0.310 e. The minimum atomic E-state index is -2.15. The van der Waals surface area contributed by atoms with E-state index in [1.165, 1.54) is 12.8 Å². The van der Waals surface area contributed by atoms with Crippen LogP contribution in [0.4, 0.5) is 0 Å². The highest BCUT2D eigenvalue weighted by Gasteiger charge is 2.26. The van der Waals surface area contributed by atoms with Crippen molar-refractivity contribution in [2.75, 3.05) is 0 Å². The molecule has 20 heavy (non-hydrogen) atoms. The van der Waals surface area contributed by atoms with Gasteiger partial charge in [-0.05, 0) is 23.5 Å². The van der Waals surface area contributed by atoms with Gasteiger partial charge in [0, 0.05) is 5.75 Å². The van der Waals surface area contributed by atoms with Crippen LogP contribution in [-0.4, -0.2) is 19.8 Å². The van der Waals surface area contributed by atoms with Crippen LogP contribution in [0.1, 0.15) is 49.1 Å². The predicted molar refractivity (Wildman–Crippen MR) is 76.0 cm³/mol. The van der Waals surface area contributed by atoms with Crippen molar-refractivity contribution in [1.29, 1.82) is 0 Å². The Kier molecular flexibility index (Phi) is 5.31. The van der Waals surface area contributed by atoms with E-state index in [1.54, 1.807) is 24.3 Å². The Bertz CT molecular complexity index is 494. The van der Waals surface area contributed by atoms with Gasteiger partial charge in [0.2, 0.25) is 0 Å². The third-order valence-electron chi connectivity index (χ3n) is 3.98. The van der Waals surface area contributed by atoms with Crippen LogP contribution >= 0.6 is 0 Å². The zero-order chi connectivity index (χ0) is 14.5. The van der Waals surface area contributed by atoms with E-state index in [0.717, 1.165) is 12.8 Å². The lowest BCUT2D eigenvalue weighted by Crippen LogP contribution is -2.15. The average Bonchev–Trinajstić information content (AvgIpc) is 2.88. The third-order valence-corrected chi connectivity index (χ3v) is 4.55. The highest BCUT2D eigenvalue weighted by Crippen LogP contribution is 2.34. The number of carboxylic acid groups (broad SMARTS) is 1. The van der Waals surface area contributed by atoms with Crippen LogP contribution in [0, 0.1) is 5.92 Å². The van der Waals surface area contributed by atoms with Gasteiger partial charge in [0.15, 0.2) is 0 Å². The van der Waals surface area contributed by atoms with Gasteiger partial charge in [-0.25, -0.2) is 0 Å². The minimum absolute atomic E-state index is 0.0659. The second-order valence-electron chi connectivity index (χ2n) is 5.47. The van der Waals surface area contributed by atoms with E-state index >= 15 is 0 Å². The molecule has 0 heterocycles. The van der Waals surface area contributed by atoms with Gasteiger partial charge >= 0.3 is 5.97 Å². The Hall–Kier alpha value is -1.20. The summed E-state index contributed by atoms with van der Waals surface area (Å²) in [5.74, 6) is -0.937. The van der Waals surface area contributed by atoms with Crippen molar-refractivity contribution in [3.8, 4) is 0 Å². The van der Waals surface area contributed by atoms with Crippen LogP contribution in [0.15, 0.2) is 24.3 Å². The number of benzene rings is 1. The first-order valence-electron chi connectivity index (χ1n) is 6.94. The fraction of sp³-hybridized carbons (Fsp3) is 0.533. The largest absolute Gasteiger partial charge is 0.772 e. The summed E-state index contributed by atoms with van der Waals surface area (Å²) in [6.07, 6.45) is 5.24. The van der Waals surface area contributed by atoms with E-state index in [1.807, 2.05) is 0 Å². The Morgan fingerprint density at radius 2 is 2.10 bits per heavy atom. The molecule has 5 heteroatoms. The molecule has 110 valence electrons. The van der Waals surface area contributed by atoms with Gasteiger partial charge in [0.1, 0.15) is 0 Å². The summed E-state index contributed by atoms with van der Waals surface area (Å²) < 4.78 is 21.5. The summed E-state index contributed by atoms with van der Waals surface area (Å²) in [5.41, 5.74) is 1.36. The maximum absolute atomic E-state index is 11.5. The first-order chi connectivity index (χ1) is 9.56. The number of hydrogen-bond donors (Lipinski definition) is 1. The summed E-state index contributed by atoms with van der Waals surface area (Å²) in [6, 6.07) is 6.95. The molecule has 1 aliphatic carbocycles. The van der Waals surface area contributed by atoms with Crippen molar-refractivity contribution in [1.82, 2.24) is 0 Å². The molecule has 1 aliphatic rings. The summed E-state index contributed by atoms with van der Waals surface area (Å²) in [6.45, 7) is 0. The van der Waals surface area contributed by atoms with Crippen molar-refractivity contribution < 1.29 is 18.7 Å². The number of hydrogen-bond acceptors (Lipinski definition) is 3. The van der Waals surface area contributed by atoms with E-state index in [2.05, 4.69) is 0 Å². The fourth-order valence-electron chi connectivity index (χ4n) is 2.99. The van der Waals surface area contributed by atoms with Crippen LogP contribution in [0.2, 0.25) is 0 Å². The quantitative estimate of drug-likeness (QED) is 0.819. The van der Waals surface area contributed by atoms with E-state index in [0.29, 0.717) is 23.5 Å². The van der Waals surface area contributed by atoms with Crippen LogP contribution < -0.4 is 0 Å². The van der Waals surface area contributed by atoms with Gasteiger partial charge in [0.05, 0.1) is 5.92 Å². The molecule has 1 N–H and O–H groups in total. The topological polar surface area (TPSA) is 77.4 Å². The van der Waals surface area contributed by atoms with Crippen LogP contribution in [-0.2, 0) is 21.6 Å². The second-order valence-corrected chi connectivity index (χ2v) is 6.37. The van der Waals surface area contributed by atoms with E-state index in [4.69, 9.17) is 0 Å². The molecule has 1 unspecified atom stereocenters. The molecule has 0 aliphatic heterocycles. The maximum atomic E-state index is 11.5. The normalized spacial score (nSPS) is 18.9. The average molecular weight is 295 g/mol. The summed E-state index contributed by atoms with van der Waals surface area (Å²) in [4.78, 5) is 11.5. The lowest BCUT2D eigenvalue weighted by Gasteiger charge is -2.18. The molecule has 0 spiro atoms. The molecular formula is C15H19O4S-. The standard InChI is InChI=1S/C15H20O4S/c16-15(17)14(9-11-4-1-2-5-11)13-7-3-6-12(8-13)10-20(18)19/h3,6-8,11,14H,1-2,4-5,9-10H2,(H,16,17)(H,18,19)/p-1/t14-/m1/s1. The smallest absolute Gasteiger partial charge is 0.310 e. The zero-order valence-corrected chi connectivity index (χ0v) is 12.1. The lowest BCUT2D eigenvalue weighted by atomic mass is 9.87. The van der Waals surface area contributed by atoms with Crippen molar-refractivity contribution >= 4 is 17.0 Å². The molecule has 4 nitrogen and oxygen atoms in total. The van der Waals surface area contributed by atoms with Crippen molar-refractivity contribution in [3.63, 3.8) is 0 Å². The summed E-state index contributed by atoms with van der Waals surface area (Å²) in [7, 11) is 0. The minimum Gasteiger partial charge on any atom is -0.772 e. The number of aliphatic carboxylic acids is 1. The lowest BCUT2D eigenvalue weighted by molar-refractivity contribution is -0.139. The van der Waals surface area contributed by atoms with E-state index < -0.39 is 23.0 Å². The zero-order valence-electron chi connectivity index (χ0n) is 11.3. The Labute approximate surface area is 121 Å². The Balaban J connectivity index is 2.15. The van der Waals surface area contributed by atoms with Crippen LogP contribution in [0.3, 0.4) is 0 Å². The molecular weight excluding hydrogens is 276 g/mol. The van der Waals surface area contributed by atoms with Crippen LogP contribution in [0.5, 0.6) is 0 Å². The second kappa shape index (κ2) is 6.99. The SMILES string of the molecule is O=C(O)[C@H](CC1CCCC1)c1cccc(CS(=O)[O-])c1. The van der Waals surface area contributed by atoms with Gasteiger partial charge < -0.3 is 9.66 Å². The third kappa shape index (κ3) is 4.15. The van der Waals surface area contributed by atoms with Crippen LogP contribution in [0.25, 0.3) is 0 Å². The van der Waals surface area contributed by atoms with E-state index in [9.17, 15) is 18.7 Å². The van der Waals surface area contributed by atoms with Gasteiger partial charge in [-0.1, -0.05) is 61.0 Å². The van der Waals surface area contributed by atoms with Gasteiger partial charge in [-0.3, -0.25) is 9.00 Å². The van der Waals surface area contributed by atoms with Gasteiger partial charge in [-0.15, -0.1) is 0 Å². The number of rotatable bonds is 6. The molecule has 0 bridgehead atoms. The molecule has 0 amide bonds. The Morgan fingerprint density at radius 1 is 1.40 bits per heavy atom. The molecule has 1 aromatic rings.